The van der Waals surface area contributed by atoms with Gasteiger partial charge in [0, 0.05) is 17.4 Å². The topological polar surface area (TPSA) is 60.2 Å². The highest BCUT2D eigenvalue weighted by molar-refractivity contribution is 5.95. The molecule has 0 spiro atoms. The summed E-state index contributed by atoms with van der Waals surface area (Å²) in [5.74, 6) is 1.79. The molecule has 0 aromatic rings. The third kappa shape index (κ3) is 2.10. The maximum Gasteiger partial charge on any atom is 0.311 e. The van der Waals surface area contributed by atoms with Crippen molar-refractivity contribution in [1.82, 2.24) is 0 Å². The molecule has 0 unspecified atom stereocenters. The van der Waals surface area contributed by atoms with Gasteiger partial charge in [0.1, 0.15) is 0 Å². The van der Waals surface area contributed by atoms with Crippen LogP contribution < -0.4 is 0 Å². The van der Waals surface area contributed by atoms with Crippen molar-refractivity contribution in [2.24, 2.45) is 34.5 Å². The van der Waals surface area contributed by atoms with Crippen molar-refractivity contribution in [2.75, 3.05) is 0 Å². The van der Waals surface area contributed by atoms with Gasteiger partial charge < -0.3 is 0 Å². The van der Waals surface area contributed by atoms with E-state index in [0.29, 0.717) is 29.6 Å². The highest BCUT2D eigenvalue weighted by atomic mass is 16.6. The smallest absolute Gasteiger partial charge is 0.287 e. The van der Waals surface area contributed by atoms with Crippen LogP contribution >= 0.6 is 0 Å². The molecule has 3 saturated carbocycles. The summed E-state index contributed by atoms with van der Waals surface area (Å²) < 4.78 is 0. The molecule has 0 aliphatic heterocycles. The number of hydrogen-bond acceptors (Lipinski definition) is 3. The van der Waals surface area contributed by atoms with Gasteiger partial charge in [-0.05, 0) is 74.5 Å². The lowest BCUT2D eigenvalue weighted by atomic mass is 9.45. The van der Waals surface area contributed by atoms with Gasteiger partial charge in [-0.15, -0.1) is 0 Å². The summed E-state index contributed by atoms with van der Waals surface area (Å²) in [6, 6.07) is 0. The normalized spacial score (nSPS) is 46.8. The van der Waals surface area contributed by atoms with Gasteiger partial charge >= 0.3 is 5.70 Å². The van der Waals surface area contributed by atoms with Crippen LogP contribution in [0.3, 0.4) is 0 Å². The number of nitrogens with zero attached hydrogens (tertiary/aromatic N) is 1. The standard InChI is InChI=1S/C22H31NO3/c1-5-14-6-8-16-15-7-9-18-20(23(25)26)19(24)12-13(2)22(18,4)17(15)10-11-21(14,16)3/h5,13,15-17H,6-12H2,1-4H3/t13-,15-,16-,17-,21+,22+/m0/s1. The second-order valence-corrected chi connectivity index (χ2v) is 9.62. The van der Waals surface area contributed by atoms with Crippen molar-refractivity contribution in [2.45, 2.75) is 72.6 Å². The maximum absolute atomic E-state index is 12.4. The first kappa shape index (κ1) is 17.9. The SMILES string of the molecule is CC=C1CC[C@H]2[C@@H]3CCC4=C([N+](=O)[O-])C(=O)C[C@H](C)[C@]4(C)[C@H]3CC[C@]12C. The molecule has 6 atom stereocenters. The fourth-order valence-electron chi connectivity index (χ4n) is 7.56. The average molecular weight is 357 g/mol. The molecular weight excluding hydrogens is 326 g/mol. The maximum atomic E-state index is 12.4. The Kier molecular flexibility index (Phi) is 3.98. The first-order valence-electron chi connectivity index (χ1n) is 10.3. The molecule has 4 heteroatoms. The summed E-state index contributed by atoms with van der Waals surface area (Å²) >= 11 is 0. The molecular formula is C22H31NO3. The Morgan fingerprint density at radius 1 is 1.15 bits per heavy atom. The van der Waals surface area contributed by atoms with E-state index in [9.17, 15) is 14.9 Å². The minimum atomic E-state index is -0.386. The summed E-state index contributed by atoms with van der Waals surface area (Å²) in [7, 11) is 0. The zero-order valence-corrected chi connectivity index (χ0v) is 16.5. The van der Waals surface area contributed by atoms with E-state index in [2.05, 4.69) is 33.8 Å². The van der Waals surface area contributed by atoms with Gasteiger partial charge in [-0.1, -0.05) is 32.4 Å². The lowest BCUT2D eigenvalue weighted by molar-refractivity contribution is -0.422. The van der Waals surface area contributed by atoms with Crippen LogP contribution in [0.1, 0.15) is 72.6 Å². The Labute approximate surface area is 156 Å². The van der Waals surface area contributed by atoms with Crippen LogP contribution in [0.15, 0.2) is 22.9 Å². The van der Waals surface area contributed by atoms with Gasteiger partial charge in [0.15, 0.2) is 0 Å². The lowest BCUT2D eigenvalue weighted by Crippen LogP contribution is -2.53. The van der Waals surface area contributed by atoms with Crippen LogP contribution in [0.2, 0.25) is 0 Å². The highest BCUT2D eigenvalue weighted by Crippen LogP contribution is 2.67. The summed E-state index contributed by atoms with van der Waals surface area (Å²) in [4.78, 5) is 23.7. The van der Waals surface area contributed by atoms with Gasteiger partial charge in [0.05, 0.1) is 4.92 Å². The van der Waals surface area contributed by atoms with Crippen LogP contribution in [-0.4, -0.2) is 10.7 Å². The molecule has 4 aliphatic rings. The molecule has 0 saturated heterocycles. The van der Waals surface area contributed by atoms with Crippen molar-refractivity contribution < 1.29 is 9.72 Å². The Morgan fingerprint density at radius 3 is 2.54 bits per heavy atom. The molecule has 26 heavy (non-hydrogen) atoms. The third-order valence-corrected chi connectivity index (χ3v) is 9.03. The monoisotopic (exact) mass is 357 g/mol. The van der Waals surface area contributed by atoms with Crippen molar-refractivity contribution in [3.05, 3.63) is 33.0 Å². The summed E-state index contributed by atoms with van der Waals surface area (Å²) in [5.41, 5.74) is 2.59. The number of fused-ring (bicyclic) bond motifs is 5. The van der Waals surface area contributed by atoms with E-state index in [-0.39, 0.29) is 27.7 Å². The molecule has 4 rings (SSSR count). The Morgan fingerprint density at radius 2 is 1.88 bits per heavy atom. The Hall–Kier alpha value is -1.45. The number of nitro groups is 1. The number of carbonyl (C=O) groups excluding carboxylic acids is 1. The summed E-state index contributed by atoms with van der Waals surface area (Å²) in [6.07, 6.45) is 9.24. The Balaban J connectivity index is 1.79. The minimum Gasteiger partial charge on any atom is -0.287 e. The quantitative estimate of drug-likeness (QED) is 0.363. The lowest BCUT2D eigenvalue weighted by Gasteiger charge is -2.58. The van der Waals surface area contributed by atoms with Gasteiger partial charge in [-0.2, -0.15) is 0 Å². The molecule has 0 bridgehead atoms. The third-order valence-electron chi connectivity index (χ3n) is 9.03. The molecule has 0 aromatic carbocycles. The fourth-order valence-corrected chi connectivity index (χ4v) is 7.56. The first-order chi connectivity index (χ1) is 12.2. The van der Waals surface area contributed by atoms with Gasteiger partial charge in [-0.25, -0.2) is 0 Å². The summed E-state index contributed by atoms with van der Waals surface area (Å²) in [5, 5.41) is 11.7. The molecule has 142 valence electrons. The number of Topliss-reactive ketones (excluding diaryl/α,β-unsaturated/α-hetero) is 1. The van der Waals surface area contributed by atoms with E-state index in [1.165, 1.54) is 19.3 Å². The van der Waals surface area contributed by atoms with Crippen molar-refractivity contribution >= 4 is 5.78 Å². The predicted octanol–water partition coefficient (Wildman–Crippen LogP) is 5.32. The van der Waals surface area contributed by atoms with Gasteiger partial charge in [0.2, 0.25) is 5.78 Å². The van der Waals surface area contributed by atoms with Gasteiger partial charge in [-0.3, -0.25) is 14.9 Å². The van der Waals surface area contributed by atoms with Crippen molar-refractivity contribution in [1.29, 1.82) is 0 Å². The molecule has 0 N–H and O–H groups in total. The van der Waals surface area contributed by atoms with E-state index in [0.717, 1.165) is 24.8 Å². The highest BCUT2D eigenvalue weighted by Gasteiger charge is 2.61. The van der Waals surface area contributed by atoms with E-state index in [1.807, 2.05) is 0 Å². The zero-order chi connectivity index (χ0) is 18.9. The van der Waals surface area contributed by atoms with Crippen LogP contribution in [0.5, 0.6) is 0 Å². The molecule has 4 nitrogen and oxygen atoms in total. The number of rotatable bonds is 1. The summed E-state index contributed by atoms with van der Waals surface area (Å²) in [6.45, 7) is 9.03. The van der Waals surface area contributed by atoms with Gasteiger partial charge in [0.25, 0.3) is 0 Å². The fraction of sp³-hybridized carbons (Fsp3) is 0.773. The van der Waals surface area contributed by atoms with Crippen LogP contribution in [0.4, 0.5) is 0 Å². The molecule has 0 heterocycles. The largest absolute Gasteiger partial charge is 0.311 e. The van der Waals surface area contributed by atoms with Crippen molar-refractivity contribution in [3.8, 4) is 0 Å². The second kappa shape index (κ2) is 5.77. The number of hydrogen-bond donors (Lipinski definition) is 0. The molecule has 0 radical (unpaired) electrons. The Bertz CT molecular complexity index is 736. The van der Waals surface area contributed by atoms with E-state index < -0.39 is 0 Å². The van der Waals surface area contributed by atoms with Crippen LogP contribution in [-0.2, 0) is 4.79 Å². The van der Waals surface area contributed by atoms with E-state index in [1.54, 1.807) is 5.57 Å². The molecule has 0 aromatic heterocycles. The number of allylic oxidation sites excluding steroid dienone is 3. The first-order valence-corrected chi connectivity index (χ1v) is 10.3. The van der Waals surface area contributed by atoms with Crippen LogP contribution in [0, 0.1) is 44.6 Å². The zero-order valence-electron chi connectivity index (χ0n) is 16.5. The minimum absolute atomic E-state index is 0.0575. The van der Waals surface area contributed by atoms with Crippen LogP contribution in [0.25, 0.3) is 0 Å². The van der Waals surface area contributed by atoms with E-state index in [4.69, 9.17) is 0 Å². The number of carbonyl (C=O) groups is 1. The molecule has 3 fully saturated rings. The molecule has 0 amide bonds. The predicted molar refractivity (Wildman–Crippen MR) is 101 cm³/mol. The van der Waals surface area contributed by atoms with E-state index >= 15 is 0 Å². The molecule has 4 aliphatic carbocycles. The van der Waals surface area contributed by atoms with Crippen molar-refractivity contribution in [3.63, 3.8) is 0 Å². The average Bonchev–Trinajstić information content (AvgIpc) is 2.92. The second-order valence-electron chi connectivity index (χ2n) is 9.62. The number of ketones is 1.